The van der Waals surface area contributed by atoms with Crippen molar-refractivity contribution in [2.45, 2.75) is 96.4 Å². The van der Waals surface area contributed by atoms with E-state index in [0.29, 0.717) is 12.0 Å². The van der Waals surface area contributed by atoms with Crippen molar-refractivity contribution in [2.24, 2.45) is 0 Å². The lowest BCUT2D eigenvalue weighted by atomic mass is 9.93. The molecule has 0 amide bonds. The van der Waals surface area contributed by atoms with E-state index >= 15 is 0 Å². The fourth-order valence-electron chi connectivity index (χ4n) is 5.63. The Labute approximate surface area is 209 Å². The Morgan fingerprint density at radius 1 is 1.06 bits per heavy atom. The molecule has 1 atom stereocenters. The first-order valence-electron chi connectivity index (χ1n) is 13.6. The summed E-state index contributed by atoms with van der Waals surface area (Å²) in [5.41, 5.74) is 4.30. The van der Waals surface area contributed by atoms with Gasteiger partial charge in [-0.05, 0) is 70.5 Å². The highest BCUT2D eigenvalue weighted by Gasteiger charge is 2.26. The summed E-state index contributed by atoms with van der Waals surface area (Å²) >= 11 is 0. The molecule has 3 aromatic rings. The molecule has 2 N–H and O–H groups in total. The zero-order chi connectivity index (χ0) is 24.2. The van der Waals surface area contributed by atoms with Gasteiger partial charge in [-0.1, -0.05) is 44.0 Å². The predicted octanol–water partition coefficient (Wildman–Crippen LogP) is 5.56. The largest absolute Gasteiger partial charge is 0.393 e. The number of nitrogens with one attached hydrogen (secondary N) is 1. The Bertz CT molecular complexity index is 1100. The van der Waals surface area contributed by atoms with E-state index in [9.17, 15) is 5.11 Å². The number of anilines is 1. The van der Waals surface area contributed by atoms with Gasteiger partial charge in [0, 0.05) is 24.3 Å². The third-order valence-electron chi connectivity index (χ3n) is 7.64. The minimum absolute atomic E-state index is 0.193. The van der Waals surface area contributed by atoms with Crippen molar-refractivity contribution in [1.29, 1.82) is 0 Å². The second kappa shape index (κ2) is 11.0. The minimum atomic E-state index is -0.193. The summed E-state index contributed by atoms with van der Waals surface area (Å²) < 4.78 is 2.11. The summed E-state index contributed by atoms with van der Waals surface area (Å²) in [6, 6.07) is 9.47. The van der Waals surface area contributed by atoms with Crippen LogP contribution < -0.4 is 5.32 Å². The Hall–Kier alpha value is -2.51. The van der Waals surface area contributed by atoms with Crippen LogP contribution in [0.2, 0.25) is 0 Å². The van der Waals surface area contributed by atoms with E-state index in [4.69, 9.17) is 10.1 Å². The SMILES string of the molecule is CCCC(C)Nc1ncc2c(-c3ccc(CN4CCCCC4)cc3)nn(C3CCC(O)CC3)c2n1. The average Bonchev–Trinajstić information content (AvgIpc) is 3.24. The number of aromatic nitrogens is 4. The number of likely N-dealkylation sites (tertiary alicyclic amines) is 1. The van der Waals surface area contributed by atoms with E-state index in [2.05, 4.69) is 58.0 Å². The van der Waals surface area contributed by atoms with Crippen LogP contribution in [-0.2, 0) is 6.54 Å². The Kier molecular flexibility index (Phi) is 7.63. The minimum Gasteiger partial charge on any atom is -0.393 e. The van der Waals surface area contributed by atoms with Gasteiger partial charge in [-0.15, -0.1) is 0 Å². The maximum absolute atomic E-state index is 10.0. The van der Waals surface area contributed by atoms with Gasteiger partial charge in [0.15, 0.2) is 5.65 Å². The summed E-state index contributed by atoms with van der Waals surface area (Å²) in [5.74, 6) is 0.666. The summed E-state index contributed by atoms with van der Waals surface area (Å²) in [7, 11) is 0. The van der Waals surface area contributed by atoms with Crippen molar-refractivity contribution in [3.05, 3.63) is 36.0 Å². The van der Waals surface area contributed by atoms with E-state index < -0.39 is 0 Å². The van der Waals surface area contributed by atoms with Gasteiger partial charge >= 0.3 is 0 Å². The molecule has 1 aliphatic carbocycles. The van der Waals surface area contributed by atoms with E-state index in [1.807, 2.05) is 6.20 Å². The molecule has 35 heavy (non-hydrogen) atoms. The van der Waals surface area contributed by atoms with E-state index in [1.165, 1.54) is 37.9 Å². The van der Waals surface area contributed by atoms with Crippen LogP contribution in [0, 0.1) is 0 Å². The van der Waals surface area contributed by atoms with Crippen molar-refractivity contribution in [2.75, 3.05) is 18.4 Å². The second-order valence-corrected chi connectivity index (χ2v) is 10.6. The molecular weight excluding hydrogens is 436 g/mol. The molecule has 1 unspecified atom stereocenters. The van der Waals surface area contributed by atoms with Crippen LogP contribution in [0.15, 0.2) is 30.5 Å². The van der Waals surface area contributed by atoms with Gasteiger partial charge in [-0.25, -0.2) is 9.67 Å². The molecule has 1 saturated heterocycles. The fourth-order valence-corrected chi connectivity index (χ4v) is 5.63. The molecule has 1 aromatic carbocycles. The lowest BCUT2D eigenvalue weighted by Gasteiger charge is -2.26. The molecule has 1 aliphatic heterocycles. The summed E-state index contributed by atoms with van der Waals surface area (Å²) in [4.78, 5) is 12.2. The summed E-state index contributed by atoms with van der Waals surface area (Å²) in [6.07, 6.45) is 11.4. The molecule has 2 fully saturated rings. The smallest absolute Gasteiger partial charge is 0.224 e. The standard InChI is InChI=1S/C28H40N6O/c1-3-7-20(2)30-28-29-18-25-26(32-34(27(25)31-28)23-12-14-24(35)15-13-23)22-10-8-21(9-11-22)19-33-16-5-4-6-17-33/h8-11,18,20,23-24,35H,3-7,12-17,19H2,1-2H3,(H,29,30,31). The van der Waals surface area contributed by atoms with Crippen molar-refractivity contribution < 1.29 is 5.11 Å². The number of fused-ring (bicyclic) bond motifs is 1. The van der Waals surface area contributed by atoms with Crippen molar-refractivity contribution >= 4 is 17.0 Å². The first kappa shape index (κ1) is 24.2. The molecule has 1 saturated carbocycles. The van der Waals surface area contributed by atoms with Crippen molar-refractivity contribution in [1.82, 2.24) is 24.6 Å². The molecule has 0 radical (unpaired) electrons. The fraction of sp³-hybridized carbons (Fsp3) is 0.607. The molecule has 0 spiro atoms. The highest BCUT2D eigenvalue weighted by Crippen LogP contribution is 2.34. The maximum atomic E-state index is 10.0. The summed E-state index contributed by atoms with van der Waals surface area (Å²) in [6.45, 7) is 7.80. The van der Waals surface area contributed by atoms with Crippen LogP contribution >= 0.6 is 0 Å². The van der Waals surface area contributed by atoms with Crippen molar-refractivity contribution in [3.8, 4) is 11.3 Å². The average molecular weight is 477 g/mol. The molecule has 5 rings (SSSR count). The number of hydrogen-bond acceptors (Lipinski definition) is 6. The molecule has 2 aromatic heterocycles. The molecule has 188 valence electrons. The van der Waals surface area contributed by atoms with Crippen LogP contribution in [0.5, 0.6) is 0 Å². The van der Waals surface area contributed by atoms with Gasteiger partial charge in [0.25, 0.3) is 0 Å². The quantitative estimate of drug-likeness (QED) is 0.443. The molecule has 3 heterocycles. The summed E-state index contributed by atoms with van der Waals surface area (Å²) in [5, 5.41) is 19.6. The predicted molar refractivity (Wildman–Crippen MR) is 141 cm³/mol. The van der Waals surface area contributed by atoms with E-state index in [-0.39, 0.29) is 12.1 Å². The van der Waals surface area contributed by atoms with Crippen LogP contribution in [0.3, 0.4) is 0 Å². The van der Waals surface area contributed by atoms with Gasteiger partial charge < -0.3 is 10.4 Å². The Balaban J connectivity index is 1.45. The zero-order valence-electron chi connectivity index (χ0n) is 21.3. The Morgan fingerprint density at radius 3 is 2.51 bits per heavy atom. The third kappa shape index (κ3) is 5.67. The Morgan fingerprint density at radius 2 is 1.80 bits per heavy atom. The first-order valence-corrected chi connectivity index (χ1v) is 13.6. The number of aliphatic hydroxyl groups excluding tert-OH is 1. The van der Waals surface area contributed by atoms with Crippen molar-refractivity contribution in [3.63, 3.8) is 0 Å². The molecule has 7 heteroatoms. The number of hydrogen-bond donors (Lipinski definition) is 2. The van der Waals surface area contributed by atoms with E-state index in [1.54, 1.807) is 0 Å². The van der Waals surface area contributed by atoms with Crippen LogP contribution in [0.4, 0.5) is 5.95 Å². The van der Waals surface area contributed by atoms with Gasteiger partial charge in [-0.2, -0.15) is 10.1 Å². The highest BCUT2D eigenvalue weighted by atomic mass is 16.3. The molecule has 0 bridgehead atoms. The van der Waals surface area contributed by atoms with E-state index in [0.717, 1.165) is 67.4 Å². The number of piperidine rings is 1. The molecular formula is C28H40N6O. The number of rotatable bonds is 8. The third-order valence-corrected chi connectivity index (χ3v) is 7.64. The second-order valence-electron chi connectivity index (χ2n) is 10.6. The normalized spacial score (nSPS) is 22.4. The van der Waals surface area contributed by atoms with Gasteiger partial charge in [0.2, 0.25) is 5.95 Å². The lowest BCUT2D eigenvalue weighted by Crippen LogP contribution is -2.28. The molecule has 7 nitrogen and oxygen atoms in total. The highest BCUT2D eigenvalue weighted by molar-refractivity contribution is 5.91. The van der Waals surface area contributed by atoms with Crippen LogP contribution in [0.25, 0.3) is 22.3 Å². The molecule has 2 aliphatic rings. The number of nitrogens with zero attached hydrogens (tertiary/aromatic N) is 5. The monoisotopic (exact) mass is 476 g/mol. The van der Waals surface area contributed by atoms with Gasteiger partial charge in [0.1, 0.15) is 5.69 Å². The van der Waals surface area contributed by atoms with Crippen LogP contribution in [0.1, 0.15) is 83.2 Å². The topological polar surface area (TPSA) is 79.1 Å². The van der Waals surface area contributed by atoms with Crippen LogP contribution in [-0.4, -0.2) is 55.0 Å². The van der Waals surface area contributed by atoms with Gasteiger partial charge in [0.05, 0.1) is 17.5 Å². The lowest BCUT2D eigenvalue weighted by molar-refractivity contribution is 0.109. The number of benzene rings is 1. The van der Waals surface area contributed by atoms with Gasteiger partial charge in [-0.3, -0.25) is 4.90 Å². The zero-order valence-corrected chi connectivity index (χ0v) is 21.3. The number of aliphatic hydroxyl groups is 1. The first-order chi connectivity index (χ1) is 17.1. The maximum Gasteiger partial charge on any atom is 0.224 e.